The SMILES string of the molecule is C[C@@]1(O)C2CC[C@@H]1C[C@@H](S(=O)(=O)c1cc(C(=O)Nc3ccc(F)c(F)c3)c(Cc3ccccc3)cc1Cl)C2. The smallest absolute Gasteiger partial charge is 0.255 e. The standard InChI is InChI=1S/C29H28ClF2NO4S/c1-29(35)19-7-8-20(29)14-22(13-19)38(36,37)27-16-23(28(34)33-21-9-10-25(31)26(32)15-21)18(12-24(27)30)11-17-5-3-2-4-6-17/h2-6,9-10,12,15-16,19-20,22,35H,7-8,11,13-14H2,1H3,(H,33,34)/t19-,20?,22-,29+/m1/s1. The molecule has 2 saturated carbocycles. The minimum atomic E-state index is -3.93. The van der Waals surface area contributed by atoms with Crippen LogP contribution in [0.1, 0.15) is 54.1 Å². The molecule has 5 rings (SSSR count). The van der Waals surface area contributed by atoms with Gasteiger partial charge in [-0.3, -0.25) is 4.79 Å². The molecule has 0 saturated heterocycles. The molecule has 0 aromatic heterocycles. The Morgan fingerprint density at radius 1 is 1.03 bits per heavy atom. The van der Waals surface area contributed by atoms with Crippen LogP contribution in [-0.4, -0.2) is 30.3 Å². The summed E-state index contributed by atoms with van der Waals surface area (Å²) in [6.45, 7) is 1.78. The molecule has 3 aromatic rings. The molecule has 3 aromatic carbocycles. The van der Waals surface area contributed by atoms with E-state index < -0.39 is 38.2 Å². The summed E-state index contributed by atoms with van der Waals surface area (Å²) < 4.78 is 54.8. The van der Waals surface area contributed by atoms with Crippen LogP contribution in [0.5, 0.6) is 0 Å². The highest BCUT2D eigenvalue weighted by Gasteiger charge is 2.53. The van der Waals surface area contributed by atoms with E-state index in [0.29, 0.717) is 24.8 Å². The van der Waals surface area contributed by atoms with Crippen LogP contribution in [0.2, 0.25) is 5.02 Å². The van der Waals surface area contributed by atoms with Crippen LogP contribution < -0.4 is 5.32 Å². The van der Waals surface area contributed by atoms with Crippen molar-refractivity contribution in [2.45, 2.75) is 54.8 Å². The molecule has 1 unspecified atom stereocenters. The first-order valence-corrected chi connectivity index (χ1v) is 14.5. The Kier molecular flexibility index (Phi) is 7.09. The van der Waals surface area contributed by atoms with Gasteiger partial charge in [-0.05, 0) is 86.3 Å². The lowest BCUT2D eigenvalue weighted by Gasteiger charge is -2.40. The molecule has 2 aliphatic carbocycles. The topological polar surface area (TPSA) is 83.5 Å². The van der Waals surface area contributed by atoms with Gasteiger partial charge in [0.05, 0.1) is 20.8 Å². The molecule has 5 nitrogen and oxygen atoms in total. The summed E-state index contributed by atoms with van der Waals surface area (Å²) in [5.41, 5.74) is 0.599. The lowest BCUT2D eigenvalue weighted by molar-refractivity contribution is -0.0413. The third-order valence-electron chi connectivity index (χ3n) is 8.17. The summed E-state index contributed by atoms with van der Waals surface area (Å²) in [5, 5.41) is 12.7. The first-order chi connectivity index (χ1) is 18.0. The summed E-state index contributed by atoms with van der Waals surface area (Å²) in [6, 6.07) is 15.1. The number of rotatable bonds is 6. The minimum absolute atomic E-state index is 0.0185. The van der Waals surface area contributed by atoms with Crippen LogP contribution in [0.3, 0.4) is 0 Å². The predicted octanol–water partition coefficient (Wildman–Crippen LogP) is 6.17. The van der Waals surface area contributed by atoms with Crippen molar-refractivity contribution < 1.29 is 27.1 Å². The van der Waals surface area contributed by atoms with Crippen molar-refractivity contribution in [3.8, 4) is 0 Å². The molecule has 2 fully saturated rings. The molecule has 0 radical (unpaired) electrons. The average molecular weight is 560 g/mol. The van der Waals surface area contributed by atoms with Crippen molar-refractivity contribution >= 4 is 33.0 Å². The molecule has 4 atom stereocenters. The number of halogens is 3. The summed E-state index contributed by atoms with van der Waals surface area (Å²) in [6.07, 6.45) is 2.50. The van der Waals surface area contributed by atoms with Gasteiger partial charge in [0, 0.05) is 17.3 Å². The number of hydrogen-bond acceptors (Lipinski definition) is 4. The second-order valence-corrected chi connectivity index (χ2v) is 13.1. The van der Waals surface area contributed by atoms with Gasteiger partial charge in [0.2, 0.25) is 0 Å². The number of carbonyl (C=O) groups is 1. The molecule has 2 bridgehead atoms. The van der Waals surface area contributed by atoms with Crippen LogP contribution in [0.15, 0.2) is 65.6 Å². The lowest BCUT2D eigenvalue weighted by atomic mass is 9.76. The van der Waals surface area contributed by atoms with Gasteiger partial charge in [0.1, 0.15) is 0 Å². The third-order valence-corrected chi connectivity index (χ3v) is 10.8. The molecule has 0 aliphatic heterocycles. The molecule has 1 amide bonds. The highest BCUT2D eigenvalue weighted by atomic mass is 35.5. The van der Waals surface area contributed by atoms with E-state index >= 15 is 0 Å². The maximum atomic E-state index is 13.8. The number of fused-ring (bicyclic) bond motifs is 2. The average Bonchev–Trinajstić information content (AvgIpc) is 3.02. The molecule has 0 heterocycles. The molecular weight excluding hydrogens is 532 g/mol. The van der Waals surface area contributed by atoms with Gasteiger partial charge in [0.15, 0.2) is 21.5 Å². The van der Waals surface area contributed by atoms with Crippen LogP contribution in [-0.2, 0) is 16.3 Å². The Hall–Kier alpha value is -2.81. The van der Waals surface area contributed by atoms with Crippen LogP contribution in [0.4, 0.5) is 14.5 Å². The largest absolute Gasteiger partial charge is 0.390 e. The maximum absolute atomic E-state index is 13.8. The Morgan fingerprint density at radius 2 is 1.68 bits per heavy atom. The fourth-order valence-corrected chi connectivity index (χ4v) is 8.41. The molecule has 9 heteroatoms. The van der Waals surface area contributed by atoms with Gasteiger partial charge in [-0.25, -0.2) is 17.2 Å². The monoisotopic (exact) mass is 559 g/mol. The quantitative estimate of drug-likeness (QED) is 0.378. The first-order valence-electron chi connectivity index (χ1n) is 12.6. The number of nitrogens with one attached hydrogen (secondary N) is 1. The fourth-order valence-electron chi connectivity index (χ4n) is 5.96. The number of hydrogen-bond donors (Lipinski definition) is 2. The third kappa shape index (κ3) is 4.97. The summed E-state index contributed by atoms with van der Waals surface area (Å²) in [5.74, 6) is -3.06. The van der Waals surface area contributed by atoms with Gasteiger partial charge in [-0.2, -0.15) is 0 Å². The Bertz CT molecular complexity index is 1480. The molecular formula is C29H28ClF2NO4S. The van der Waals surface area contributed by atoms with Crippen molar-refractivity contribution in [3.63, 3.8) is 0 Å². The van der Waals surface area contributed by atoms with Crippen LogP contribution >= 0.6 is 11.6 Å². The zero-order valence-corrected chi connectivity index (χ0v) is 22.3. The van der Waals surface area contributed by atoms with Crippen molar-refractivity contribution in [1.29, 1.82) is 0 Å². The van der Waals surface area contributed by atoms with Gasteiger partial charge in [-0.15, -0.1) is 0 Å². The number of carbonyl (C=O) groups excluding carboxylic acids is 1. The lowest BCUT2D eigenvalue weighted by Crippen LogP contribution is -2.45. The van der Waals surface area contributed by atoms with Crippen molar-refractivity contribution in [2.75, 3.05) is 5.32 Å². The first kappa shape index (κ1) is 26.8. The second kappa shape index (κ2) is 10.1. The molecule has 2 aliphatic rings. The number of sulfone groups is 1. The van der Waals surface area contributed by atoms with Crippen LogP contribution in [0, 0.1) is 23.5 Å². The van der Waals surface area contributed by atoms with Gasteiger partial charge in [0.25, 0.3) is 5.91 Å². The van der Waals surface area contributed by atoms with E-state index in [-0.39, 0.29) is 33.0 Å². The summed E-state index contributed by atoms with van der Waals surface area (Å²) >= 11 is 6.57. The van der Waals surface area contributed by atoms with Gasteiger partial charge >= 0.3 is 0 Å². The van der Waals surface area contributed by atoms with Crippen molar-refractivity contribution in [2.24, 2.45) is 11.8 Å². The number of aliphatic hydroxyl groups is 1. The molecule has 38 heavy (non-hydrogen) atoms. The van der Waals surface area contributed by atoms with Crippen molar-refractivity contribution in [3.05, 3.63) is 94.0 Å². The summed E-state index contributed by atoms with van der Waals surface area (Å²) in [7, 11) is -3.93. The zero-order chi connectivity index (χ0) is 27.2. The van der Waals surface area contributed by atoms with Crippen molar-refractivity contribution in [1.82, 2.24) is 0 Å². The van der Waals surface area contributed by atoms with Gasteiger partial charge < -0.3 is 10.4 Å². The minimum Gasteiger partial charge on any atom is -0.390 e. The zero-order valence-electron chi connectivity index (χ0n) is 20.8. The second-order valence-electron chi connectivity index (χ2n) is 10.5. The highest BCUT2D eigenvalue weighted by Crippen LogP contribution is 2.52. The van der Waals surface area contributed by atoms with E-state index in [1.165, 1.54) is 18.2 Å². The number of amides is 1. The molecule has 200 valence electrons. The maximum Gasteiger partial charge on any atom is 0.255 e. The highest BCUT2D eigenvalue weighted by molar-refractivity contribution is 7.92. The van der Waals surface area contributed by atoms with Gasteiger partial charge in [-0.1, -0.05) is 41.9 Å². The van der Waals surface area contributed by atoms with E-state index in [0.717, 1.165) is 30.5 Å². The molecule has 2 N–H and O–H groups in total. The van der Waals surface area contributed by atoms with E-state index in [2.05, 4.69) is 5.32 Å². The van der Waals surface area contributed by atoms with Crippen LogP contribution in [0.25, 0.3) is 0 Å². The Labute approximate surface area is 225 Å². The number of benzene rings is 3. The Morgan fingerprint density at radius 3 is 2.32 bits per heavy atom. The van der Waals surface area contributed by atoms with E-state index in [9.17, 15) is 27.1 Å². The predicted molar refractivity (Wildman–Crippen MR) is 142 cm³/mol. The fraction of sp³-hybridized carbons (Fsp3) is 0.345. The van der Waals surface area contributed by atoms with E-state index in [1.54, 1.807) is 6.92 Å². The Balaban J connectivity index is 1.53. The normalized spacial score (nSPS) is 24.8. The van der Waals surface area contributed by atoms with E-state index in [4.69, 9.17) is 11.6 Å². The van der Waals surface area contributed by atoms with E-state index in [1.807, 2.05) is 30.3 Å². The molecule has 0 spiro atoms. The number of anilines is 1. The summed E-state index contributed by atoms with van der Waals surface area (Å²) in [4.78, 5) is 13.2.